The minimum atomic E-state index is -1.46. The molecular formula is C19H20O8. The molecule has 144 valence electrons. The third kappa shape index (κ3) is 3.99. The van der Waals surface area contributed by atoms with Gasteiger partial charge in [-0.3, -0.25) is 9.59 Å². The second-order valence-electron chi connectivity index (χ2n) is 5.77. The molecule has 8 heteroatoms. The van der Waals surface area contributed by atoms with Crippen LogP contribution in [0.1, 0.15) is 24.0 Å². The fourth-order valence-electron chi connectivity index (χ4n) is 2.83. The molecule has 0 saturated carbocycles. The number of carbonyl (C=O) groups is 4. The normalized spacial score (nSPS) is 19.2. The first-order valence-electron chi connectivity index (χ1n) is 8.21. The minimum Gasteiger partial charge on any atom is -0.466 e. The fraction of sp³-hybridized carbons (Fsp3) is 0.368. The highest BCUT2D eigenvalue weighted by Crippen LogP contribution is 2.40. The average Bonchev–Trinajstić information content (AvgIpc) is 2.66. The van der Waals surface area contributed by atoms with Crippen molar-refractivity contribution >= 4 is 23.9 Å². The van der Waals surface area contributed by atoms with Crippen LogP contribution in [0.3, 0.4) is 0 Å². The van der Waals surface area contributed by atoms with Gasteiger partial charge >= 0.3 is 23.9 Å². The van der Waals surface area contributed by atoms with Gasteiger partial charge in [0.1, 0.15) is 0 Å². The van der Waals surface area contributed by atoms with Gasteiger partial charge in [0.05, 0.1) is 26.4 Å². The number of benzene rings is 1. The number of hydrogen-bond acceptors (Lipinski definition) is 8. The van der Waals surface area contributed by atoms with Crippen LogP contribution in [-0.2, 0) is 38.1 Å². The Labute approximate surface area is 156 Å². The SMILES string of the molecule is CCOC(=O)C1C(=O)OC(C(=O)OC)=C(C(=O)OC)C1c1ccc(C)cc1. The summed E-state index contributed by atoms with van der Waals surface area (Å²) in [5.41, 5.74) is 1.12. The molecule has 1 heterocycles. The van der Waals surface area contributed by atoms with E-state index in [1.54, 1.807) is 31.2 Å². The number of hydrogen-bond donors (Lipinski definition) is 0. The molecule has 2 unspecified atom stereocenters. The molecule has 0 aliphatic carbocycles. The lowest BCUT2D eigenvalue weighted by Crippen LogP contribution is -2.41. The monoisotopic (exact) mass is 376 g/mol. The summed E-state index contributed by atoms with van der Waals surface area (Å²) in [6, 6.07) is 6.82. The van der Waals surface area contributed by atoms with Crippen molar-refractivity contribution in [2.45, 2.75) is 19.8 Å². The molecule has 1 aliphatic rings. The smallest absolute Gasteiger partial charge is 0.374 e. The van der Waals surface area contributed by atoms with Crippen LogP contribution < -0.4 is 0 Å². The summed E-state index contributed by atoms with van der Waals surface area (Å²) in [5, 5.41) is 0. The second-order valence-corrected chi connectivity index (χ2v) is 5.77. The Kier molecular flexibility index (Phi) is 6.33. The van der Waals surface area contributed by atoms with Crippen molar-refractivity contribution in [1.82, 2.24) is 0 Å². The molecule has 0 spiro atoms. The Bertz CT molecular complexity index is 790. The number of methoxy groups -OCH3 is 2. The molecule has 8 nitrogen and oxygen atoms in total. The van der Waals surface area contributed by atoms with E-state index in [2.05, 4.69) is 4.74 Å². The number of ether oxygens (including phenoxy) is 4. The van der Waals surface area contributed by atoms with E-state index in [4.69, 9.17) is 14.2 Å². The molecule has 0 radical (unpaired) electrons. The van der Waals surface area contributed by atoms with E-state index >= 15 is 0 Å². The molecule has 27 heavy (non-hydrogen) atoms. The molecule has 2 atom stereocenters. The van der Waals surface area contributed by atoms with Crippen molar-refractivity contribution in [2.75, 3.05) is 20.8 Å². The van der Waals surface area contributed by atoms with E-state index in [1.807, 2.05) is 6.92 Å². The number of carbonyl (C=O) groups excluding carboxylic acids is 4. The lowest BCUT2D eigenvalue weighted by atomic mass is 9.78. The van der Waals surface area contributed by atoms with Gasteiger partial charge in [0, 0.05) is 5.92 Å². The molecule has 1 aliphatic heterocycles. The summed E-state index contributed by atoms with van der Waals surface area (Å²) >= 11 is 0. The zero-order valence-corrected chi connectivity index (χ0v) is 15.4. The average molecular weight is 376 g/mol. The van der Waals surface area contributed by atoms with Crippen LogP contribution in [0.4, 0.5) is 0 Å². The van der Waals surface area contributed by atoms with Crippen molar-refractivity contribution in [3.05, 3.63) is 46.7 Å². The van der Waals surface area contributed by atoms with Gasteiger partial charge in [0.25, 0.3) is 0 Å². The van der Waals surface area contributed by atoms with Gasteiger partial charge in [-0.1, -0.05) is 29.8 Å². The molecule has 0 saturated heterocycles. The number of esters is 4. The third-order valence-electron chi connectivity index (χ3n) is 4.10. The zero-order valence-electron chi connectivity index (χ0n) is 15.4. The Balaban J connectivity index is 2.74. The lowest BCUT2D eigenvalue weighted by molar-refractivity contribution is -0.166. The van der Waals surface area contributed by atoms with Crippen molar-refractivity contribution in [1.29, 1.82) is 0 Å². The Morgan fingerprint density at radius 1 is 1.04 bits per heavy atom. The first-order valence-corrected chi connectivity index (χ1v) is 8.21. The van der Waals surface area contributed by atoms with Crippen LogP contribution in [0.2, 0.25) is 0 Å². The zero-order chi connectivity index (χ0) is 20.1. The molecule has 0 fully saturated rings. The quantitative estimate of drug-likeness (QED) is 0.432. The molecular weight excluding hydrogens is 356 g/mol. The topological polar surface area (TPSA) is 105 Å². The molecule has 1 aromatic rings. The molecule has 2 rings (SSSR count). The summed E-state index contributed by atoms with van der Waals surface area (Å²) in [7, 11) is 2.20. The van der Waals surface area contributed by atoms with Gasteiger partial charge in [-0.05, 0) is 19.4 Å². The number of cyclic esters (lactones) is 1. The predicted molar refractivity (Wildman–Crippen MR) is 91.2 cm³/mol. The predicted octanol–water partition coefficient (Wildman–Crippen LogP) is 1.41. The molecule has 1 aromatic carbocycles. The first-order chi connectivity index (χ1) is 12.8. The lowest BCUT2D eigenvalue weighted by Gasteiger charge is -2.30. The van der Waals surface area contributed by atoms with E-state index in [0.29, 0.717) is 5.56 Å². The van der Waals surface area contributed by atoms with E-state index in [-0.39, 0.29) is 12.2 Å². The van der Waals surface area contributed by atoms with E-state index in [9.17, 15) is 19.2 Å². The molecule has 0 N–H and O–H groups in total. The molecule has 0 amide bonds. The first kappa shape index (κ1) is 20.2. The summed E-state index contributed by atoms with van der Waals surface area (Å²) in [6.07, 6.45) is 0. The summed E-state index contributed by atoms with van der Waals surface area (Å²) in [4.78, 5) is 49.5. The standard InChI is InChI=1S/C19H20O8/c1-5-26-17(21)14-12(11-8-6-10(2)7-9-11)13(16(20)24-3)15(19(23)25-4)27-18(14)22/h6-9,12,14H,5H2,1-4H3. The van der Waals surface area contributed by atoms with Crippen LogP contribution in [0.15, 0.2) is 35.6 Å². The van der Waals surface area contributed by atoms with E-state index in [1.165, 1.54) is 0 Å². The van der Waals surface area contributed by atoms with Gasteiger partial charge in [-0.25, -0.2) is 9.59 Å². The van der Waals surface area contributed by atoms with Crippen LogP contribution in [-0.4, -0.2) is 44.7 Å². The Morgan fingerprint density at radius 2 is 1.63 bits per heavy atom. The van der Waals surface area contributed by atoms with E-state index in [0.717, 1.165) is 19.8 Å². The van der Waals surface area contributed by atoms with Crippen LogP contribution in [0, 0.1) is 12.8 Å². The van der Waals surface area contributed by atoms with Crippen LogP contribution >= 0.6 is 0 Å². The van der Waals surface area contributed by atoms with Crippen molar-refractivity contribution in [3.8, 4) is 0 Å². The summed E-state index contributed by atoms with van der Waals surface area (Å²) in [5.74, 6) is -6.99. The molecule has 0 aromatic heterocycles. The van der Waals surface area contributed by atoms with Gasteiger partial charge in [-0.15, -0.1) is 0 Å². The highest BCUT2D eigenvalue weighted by Gasteiger charge is 2.50. The Morgan fingerprint density at radius 3 is 2.15 bits per heavy atom. The fourth-order valence-corrected chi connectivity index (χ4v) is 2.83. The van der Waals surface area contributed by atoms with Crippen LogP contribution in [0.5, 0.6) is 0 Å². The van der Waals surface area contributed by atoms with Gasteiger partial charge < -0.3 is 18.9 Å². The highest BCUT2D eigenvalue weighted by atomic mass is 16.6. The van der Waals surface area contributed by atoms with Gasteiger partial charge in [0.15, 0.2) is 5.92 Å². The molecule has 0 bridgehead atoms. The van der Waals surface area contributed by atoms with Crippen LogP contribution in [0.25, 0.3) is 0 Å². The van der Waals surface area contributed by atoms with Gasteiger partial charge in [0.2, 0.25) is 5.76 Å². The van der Waals surface area contributed by atoms with Crippen molar-refractivity contribution in [2.24, 2.45) is 5.92 Å². The Hall–Kier alpha value is -3.16. The van der Waals surface area contributed by atoms with Gasteiger partial charge in [-0.2, -0.15) is 0 Å². The van der Waals surface area contributed by atoms with Crippen molar-refractivity contribution < 1.29 is 38.1 Å². The largest absolute Gasteiger partial charge is 0.466 e. The second kappa shape index (κ2) is 8.48. The third-order valence-corrected chi connectivity index (χ3v) is 4.10. The number of rotatable bonds is 5. The summed E-state index contributed by atoms with van der Waals surface area (Å²) in [6.45, 7) is 3.48. The maximum atomic E-state index is 12.5. The van der Waals surface area contributed by atoms with Crippen molar-refractivity contribution in [3.63, 3.8) is 0 Å². The highest BCUT2D eigenvalue weighted by molar-refractivity contribution is 6.08. The maximum Gasteiger partial charge on any atom is 0.374 e. The number of aryl methyl sites for hydroxylation is 1. The minimum absolute atomic E-state index is 0.0321. The maximum absolute atomic E-state index is 12.5. The summed E-state index contributed by atoms with van der Waals surface area (Å²) < 4.78 is 19.4. The van der Waals surface area contributed by atoms with E-state index < -0.39 is 41.5 Å².